The molecule has 2 heteroatoms. The van der Waals surface area contributed by atoms with Gasteiger partial charge in [0.1, 0.15) is 0 Å². The number of fused-ring (bicyclic) bond motifs is 3. The van der Waals surface area contributed by atoms with Gasteiger partial charge < -0.3 is 4.18 Å². The summed E-state index contributed by atoms with van der Waals surface area (Å²) in [4.78, 5) is 0. The minimum absolute atomic E-state index is 0.0819. The third kappa shape index (κ3) is 1.20. The summed E-state index contributed by atoms with van der Waals surface area (Å²) in [5, 5.41) is 0. The normalized spacial score (nSPS) is 52.8. The Balaban J connectivity index is 2.15. The van der Waals surface area contributed by atoms with Gasteiger partial charge in [0.25, 0.3) is 0 Å². The molecule has 3 fully saturated rings. The van der Waals surface area contributed by atoms with Crippen LogP contribution in [0.4, 0.5) is 0 Å². The van der Waals surface area contributed by atoms with Gasteiger partial charge >= 0.3 is 0 Å². The standard InChI is InChI=1S/C10H18OS/c1-7-5-9-4-3-8(7)6-10(9,2)11-12/h7-9,12H,3-6H2,1-2H3. The summed E-state index contributed by atoms with van der Waals surface area (Å²) in [7, 11) is 0. The van der Waals surface area contributed by atoms with Crippen LogP contribution in [-0.4, -0.2) is 5.60 Å². The first-order valence-electron chi connectivity index (χ1n) is 4.98. The van der Waals surface area contributed by atoms with E-state index in [-0.39, 0.29) is 5.60 Å². The lowest BCUT2D eigenvalue weighted by Gasteiger charge is -2.51. The van der Waals surface area contributed by atoms with Crippen molar-refractivity contribution in [1.29, 1.82) is 0 Å². The molecule has 3 aliphatic rings. The fourth-order valence-electron chi connectivity index (χ4n) is 3.12. The van der Waals surface area contributed by atoms with Gasteiger partial charge in [0, 0.05) is 0 Å². The van der Waals surface area contributed by atoms with E-state index in [1.807, 2.05) is 0 Å². The van der Waals surface area contributed by atoms with E-state index < -0.39 is 0 Å². The van der Waals surface area contributed by atoms with Crippen molar-refractivity contribution in [1.82, 2.24) is 0 Å². The maximum atomic E-state index is 5.36. The zero-order valence-electron chi connectivity index (χ0n) is 7.92. The number of hydrogen-bond acceptors (Lipinski definition) is 2. The Labute approximate surface area is 80.5 Å². The van der Waals surface area contributed by atoms with Gasteiger partial charge in [0.05, 0.1) is 5.60 Å². The fourth-order valence-corrected chi connectivity index (χ4v) is 3.34. The highest BCUT2D eigenvalue weighted by molar-refractivity contribution is 7.75. The molecule has 0 heterocycles. The average Bonchev–Trinajstić information content (AvgIpc) is 2.08. The van der Waals surface area contributed by atoms with Crippen LogP contribution >= 0.6 is 12.9 Å². The van der Waals surface area contributed by atoms with Gasteiger partial charge in [-0.05, 0) is 63.3 Å². The molecule has 0 aliphatic heterocycles. The lowest BCUT2D eigenvalue weighted by atomic mass is 9.59. The Morgan fingerprint density at radius 3 is 2.58 bits per heavy atom. The van der Waals surface area contributed by atoms with Gasteiger partial charge in [-0.3, -0.25) is 0 Å². The Morgan fingerprint density at radius 1 is 1.42 bits per heavy atom. The highest BCUT2D eigenvalue weighted by Gasteiger charge is 2.47. The van der Waals surface area contributed by atoms with Crippen LogP contribution in [0.5, 0.6) is 0 Å². The maximum absolute atomic E-state index is 5.36. The van der Waals surface area contributed by atoms with Crippen molar-refractivity contribution in [3.8, 4) is 0 Å². The molecule has 1 nitrogen and oxygen atoms in total. The van der Waals surface area contributed by atoms with Crippen LogP contribution in [0.2, 0.25) is 0 Å². The van der Waals surface area contributed by atoms with Crippen LogP contribution in [0, 0.1) is 17.8 Å². The molecule has 0 saturated heterocycles. The number of hydrogen-bond donors (Lipinski definition) is 1. The summed E-state index contributed by atoms with van der Waals surface area (Å²) in [6.07, 6.45) is 5.34. The second-order valence-corrected chi connectivity index (χ2v) is 5.04. The van der Waals surface area contributed by atoms with Gasteiger partial charge in [-0.1, -0.05) is 6.92 Å². The van der Waals surface area contributed by atoms with Crippen molar-refractivity contribution < 1.29 is 4.18 Å². The molecule has 2 bridgehead atoms. The second-order valence-electron chi connectivity index (χ2n) is 4.86. The average molecular weight is 186 g/mol. The molecule has 0 aromatic heterocycles. The monoisotopic (exact) mass is 186 g/mol. The zero-order valence-corrected chi connectivity index (χ0v) is 8.81. The molecular formula is C10H18OS. The van der Waals surface area contributed by atoms with Gasteiger partial charge in [-0.2, -0.15) is 0 Å². The SMILES string of the molecule is CC1CC2CCC1CC2(C)OS. The maximum Gasteiger partial charge on any atom is 0.0828 e. The van der Waals surface area contributed by atoms with E-state index in [4.69, 9.17) is 4.18 Å². The Bertz CT molecular complexity index is 183. The first-order chi connectivity index (χ1) is 5.65. The second kappa shape index (κ2) is 2.91. The van der Waals surface area contributed by atoms with Crippen LogP contribution in [0.1, 0.15) is 39.5 Å². The Morgan fingerprint density at radius 2 is 2.17 bits per heavy atom. The summed E-state index contributed by atoms with van der Waals surface area (Å²) in [6, 6.07) is 0. The van der Waals surface area contributed by atoms with Gasteiger partial charge in [0.2, 0.25) is 0 Å². The third-order valence-electron chi connectivity index (χ3n) is 4.09. The van der Waals surface area contributed by atoms with E-state index in [9.17, 15) is 0 Å². The van der Waals surface area contributed by atoms with Crippen molar-refractivity contribution in [3.63, 3.8) is 0 Å². The molecule has 4 unspecified atom stereocenters. The summed E-state index contributed by atoms with van der Waals surface area (Å²) in [6.45, 7) is 4.61. The molecule has 3 saturated carbocycles. The molecule has 0 aromatic carbocycles. The molecule has 4 atom stereocenters. The molecule has 3 aliphatic carbocycles. The summed E-state index contributed by atoms with van der Waals surface area (Å²) in [5.41, 5.74) is 0.0819. The molecule has 3 rings (SSSR count). The van der Waals surface area contributed by atoms with Crippen molar-refractivity contribution in [2.24, 2.45) is 17.8 Å². The lowest BCUT2D eigenvalue weighted by Crippen LogP contribution is -2.48. The first kappa shape index (κ1) is 8.89. The van der Waals surface area contributed by atoms with Crippen LogP contribution in [0.15, 0.2) is 0 Å². The molecule has 0 amide bonds. The van der Waals surface area contributed by atoms with E-state index in [1.54, 1.807) is 0 Å². The van der Waals surface area contributed by atoms with Gasteiger partial charge in [-0.15, -0.1) is 0 Å². The molecule has 0 aromatic rings. The van der Waals surface area contributed by atoms with E-state index in [1.165, 1.54) is 25.7 Å². The molecule has 70 valence electrons. The molecule has 12 heavy (non-hydrogen) atoms. The minimum atomic E-state index is 0.0819. The molecule has 0 radical (unpaired) electrons. The van der Waals surface area contributed by atoms with E-state index in [0.29, 0.717) is 0 Å². The van der Waals surface area contributed by atoms with Gasteiger partial charge in [-0.25, -0.2) is 0 Å². The largest absolute Gasteiger partial charge is 0.312 e. The Hall–Kier alpha value is 0.310. The smallest absolute Gasteiger partial charge is 0.0828 e. The quantitative estimate of drug-likeness (QED) is 0.489. The topological polar surface area (TPSA) is 9.23 Å². The molecular weight excluding hydrogens is 168 g/mol. The summed E-state index contributed by atoms with van der Waals surface area (Å²) >= 11 is 4.01. The predicted molar refractivity (Wildman–Crippen MR) is 53.1 cm³/mol. The summed E-state index contributed by atoms with van der Waals surface area (Å²) in [5.74, 6) is 2.57. The number of rotatable bonds is 1. The Kier molecular flexibility index (Phi) is 2.16. The minimum Gasteiger partial charge on any atom is -0.312 e. The van der Waals surface area contributed by atoms with Crippen molar-refractivity contribution in [2.45, 2.75) is 45.1 Å². The fraction of sp³-hybridized carbons (Fsp3) is 1.00. The van der Waals surface area contributed by atoms with Crippen LogP contribution in [0.3, 0.4) is 0 Å². The van der Waals surface area contributed by atoms with Crippen LogP contribution in [-0.2, 0) is 4.18 Å². The lowest BCUT2D eigenvalue weighted by molar-refractivity contribution is -0.0723. The highest BCUT2D eigenvalue weighted by Crippen LogP contribution is 2.51. The highest BCUT2D eigenvalue weighted by atomic mass is 32.1. The van der Waals surface area contributed by atoms with Crippen LogP contribution in [0.25, 0.3) is 0 Å². The van der Waals surface area contributed by atoms with Gasteiger partial charge in [0.15, 0.2) is 0 Å². The number of thiol groups is 1. The molecule has 0 spiro atoms. The van der Waals surface area contributed by atoms with Crippen LogP contribution < -0.4 is 0 Å². The van der Waals surface area contributed by atoms with Crippen molar-refractivity contribution in [3.05, 3.63) is 0 Å². The van der Waals surface area contributed by atoms with E-state index >= 15 is 0 Å². The molecule has 0 N–H and O–H groups in total. The van der Waals surface area contributed by atoms with Crippen molar-refractivity contribution in [2.75, 3.05) is 0 Å². The zero-order chi connectivity index (χ0) is 8.77. The van der Waals surface area contributed by atoms with Crippen molar-refractivity contribution >= 4 is 12.9 Å². The third-order valence-corrected chi connectivity index (χ3v) is 4.50. The first-order valence-corrected chi connectivity index (χ1v) is 5.35. The van der Waals surface area contributed by atoms with E-state index in [0.717, 1.165) is 17.8 Å². The van der Waals surface area contributed by atoms with E-state index in [2.05, 4.69) is 26.8 Å². The summed E-state index contributed by atoms with van der Waals surface area (Å²) < 4.78 is 5.36. The predicted octanol–water partition coefficient (Wildman–Crippen LogP) is 3.06.